The molecule has 3 rings (SSSR count). The van der Waals surface area contributed by atoms with Gasteiger partial charge in [-0.25, -0.2) is 4.98 Å². The first-order valence-corrected chi connectivity index (χ1v) is 8.84. The minimum atomic E-state index is -0.0559. The zero-order chi connectivity index (χ0) is 17.1. The van der Waals surface area contributed by atoms with Crippen LogP contribution < -0.4 is 5.32 Å². The van der Waals surface area contributed by atoms with E-state index in [0.29, 0.717) is 12.1 Å². The molecule has 0 aromatic carbocycles. The van der Waals surface area contributed by atoms with E-state index in [2.05, 4.69) is 27.2 Å². The van der Waals surface area contributed by atoms with Crippen LogP contribution in [0, 0.1) is 12.8 Å². The molecule has 6 nitrogen and oxygen atoms in total. The quantitative estimate of drug-likeness (QED) is 0.854. The van der Waals surface area contributed by atoms with Gasteiger partial charge in [0.05, 0.1) is 11.3 Å². The number of aromatic nitrogens is 3. The van der Waals surface area contributed by atoms with Crippen LogP contribution in [0.15, 0.2) is 12.3 Å². The molecule has 3 heterocycles. The van der Waals surface area contributed by atoms with Crippen LogP contribution in [0.5, 0.6) is 0 Å². The monoisotopic (exact) mass is 329 g/mol. The van der Waals surface area contributed by atoms with Crippen molar-refractivity contribution in [1.82, 2.24) is 25.0 Å². The lowest BCUT2D eigenvalue weighted by Gasteiger charge is -2.30. The van der Waals surface area contributed by atoms with Crippen LogP contribution in [0.4, 0.5) is 0 Å². The molecule has 0 spiro atoms. The van der Waals surface area contributed by atoms with Gasteiger partial charge in [0.25, 0.3) is 5.91 Å². The molecule has 2 aromatic heterocycles. The number of nitrogens with one attached hydrogen (secondary N) is 1. The smallest absolute Gasteiger partial charge is 0.252 e. The molecule has 2 aromatic rings. The van der Waals surface area contributed by atoms with Crippen LogP contribution in [-0.2, 0) is 7.05 Å². The van der Waals surface area contributed by atoms with Gasteiger partial charge >= 0.3 is 0 Å². The van der Waals surface area contributed by atoms with Crippen LogP contribution in [0.1, 0.15) is 42.2 Å². The van der Waals surface area contributed by atoms with Crippen molar-refractivity contribution >= 4 is 16.9 Å². The first-order valence-electron chi connectivity index (χ1n) is 8.84. The van der Waals surface area contributed by atoms with Gasteiger partial charge in [-0.2, -0.15) is 5.10 Å². The number of carbonyl (C=O) groups is 1. The van der Waals surface area contributed by atoms with Gasteiger partial charge in [0.2, 0.25) is 0 Å². The lowest BCUT2D eigenvalue weighted by atomic mass is 10.0. The molecule has 1 fully saturated rings. The van der Waals surface area contributed by atoms with Crippen molar-refractivity contribution in [3.63, 3.8) is 0 Å². The number of likely N-dealkylation sites (tertiary alicyclic amines) is 1. The van der Waals surface area contributed by atoms with Crippen molar-refractivity contribution < 1.29 is 4.79 Å². The summed E-state index contributed by atoms with van der Waals surface area (Å²) in [5.74, 6) is 0.744. The number of amides is 1. The largest absolute Gasteiger partial charge is 0.352 e. The predicted octanol–water partition coefficient (Wildman–Crippen LogP) is 2.13. The molecule has 1 aliphatic heterocycles. The number of hydrogen-bond acceptors (Lipinski definition) is 4. The summed E-state index contributed by atoms with van der Waals surface area (Å²) in [5, 5.41) is 8.29. The number of nitrogens with zero attached hydrogens (tertiary/aromatic N) is 4. The van der Waals surface area contributed by atoms with E-state index in [9.17, 15) is 4.79 Å². The number of hydrogen-bond donors (Lipinski definition) is 1. The van der Waals surface area contributed by atoms with Crippen molar-refractivity contribution in [2.45, 2.75) is 33.1 Å². The third-order valence-corrected chi connectivity index (χ3v) is 4.80. The highest BCUT2D eigenvalue weighted by atomic mass is 16.1. The predicted molar refractivity (Wildman–Crippen MR) is 95.0 cm³/mol. The van der Waals surface area contributed by atoms with Crippen LogP contribution in [0.25, 0.3) is 11.0 Å². The minimum absolute atomic E-state index is 0.0559. The lowest BCUT2D eigenvalue weighted by molar-refractivity contribution is 0.0950. The Morgan fingerprint density at radius 1 is 1.46 bits per heavy atom. The fourth-order valence-electron chi connectivity index (χ4n) is 3.53. The first kappa shape index (κ1) is 16.9. The SMILES string of the molecule is Cc1nn(C)c2ncc(C(=O)NCCCN3CCCC(C)C3)cc12. The van der Waals surface area contributed by atoms with E-state index in [1.54, 1.807) is 10.9 Å². The molecule has 0 radical (unpaired) electrons. The maximum Gasteiger partial charge on any atom is 0.252 e. The number of pyridine rings is 1. The van der Waals surface area contributed by atoms with E-state index in [0.717, 1.165) is 35.6 Å². The number of fused-ring (bicyclic) bond motifs is 1. The summed E-state index contributed by atoms with van der Waals surface area (Å²) in [4.78, 5) is 19.2. The zero-order valence-corrected chi connectivity index (χ0v) is 14.9. The summed E-state index contributed by atoms with van der Waals surface area (Å²) < 4.78 is 1.74. The van der Waals surface area contributed by atoms with Gasteiger partial charge in [-0.05, 0) is 51.3 Å². The van der Waals surface area contributed by atoms with Crippen LogP contribution in [0.2, 0.25) is 0 Å². The second-order valence-electron chi connectivity index (χ2n) is 6.96. The van der Waals surface area contributed by atoms with Gasteiger partial charge in [-0.1, -0.05) is 6.92 Å². The molecular weight excluding hydrogens is 302 g/mol. The van der Waals surface area contributed by atoms with Crippen LogP contribution in [0.3, 0.4) is 0 Å². The number of piperidine rings is 1. The molecular formula is C18H27N5O. The molecule has 1 unspecified atom stereocenters. The molecule has 24 heavy (non-hydrogen) atoms. The number of aryl methyl sites for hydroxylation is 2. The van der Waals surface area contributed by atoms with E-state index < -0.39 is 0 Å². The molecule has 0 bridgehead atoms. The van der Waals surface area contributed by atoms with Crippen molar-refractivity contribution in [2.24, 2.45) is 13.0 Å². The Morgan fingerprint density at radius 3 is 3.08 bits per heavy atom. The van der Waals surface area contributed by atoms with E-state index in [4.69, 9.17) is 0 Å². The molecule has 1 atom stereocenters. The molecule has 130 valence electrons. The first-order chi connectivity index (χ1) is 11.5. The normalized spacial score (nSPS) is 18.9. The van der Waals surface area contributed by atoms with E-state index in [-0.39, 0.29) is 5.91 Å². The van der Waals surface area contributed by atoms with Crippen molar-refractivity contribution in [3.8, 4) is 0 Å². The van der Waals surface area contributed by atoms with Crippen LogP contribution >= 0.6 is 0 Å². The summed E-state index contributed by atoms with van der Waals surface area (Å²) in [6.45, 7) is 8.40. The van der Waals surface area contributed by atoms with Crippen molar-refractivity contribution in [3.05, 3.63) is 23.5 Å². The van der Waals surface area contributed by atoms with E-state index in [1.807, 2.05) is 20.0 Å². The van der Waals surface area contributed by atoms with Gasteiger partial charge < -0.3 is 10.2 Å². The molecule has 1 amide bonds. The van der Waals surface area contributed by atoms with Gasteiger partial charge in [-0.15, -0.1) is 0 Å². The second-order valence-corrected chi connectivity index (χ2v) is 6.96. The Bertz CT molecular complexity index is 724. The summed E-state index contributed by atoms with van der Waals surface area (Å²) in [7, 11) is 1.86. The lowest BCUT2D eigenvalue weighted by Crippen LogP contribution is -2.36. The van der Waals surface area contributed by atoms with Crippen molar-refractivity contribution in [2.75, 3.05) is 26.2 Å². The zero-order valence-electron chi connectivity index (χ0n) is 14.9. The van der Waals surface area contributed by atoms with Gasteiger partial charge in [0.1, 0.15) is 0 Å². The summed E-state index contributed by atoms with van der Waals surface area (Å²) in [6, 6.07) is 1.88. The maximum atomic E-state index is 12.3. The highest BCUT2D eigenvalue weighted by Crippen LogP contribution is 2.17. The van der Waals surface area contributed by atoms with Crippen LogP contribution in [-0.4, -0.2) is 51.8 Å². The molecule has 6 heteroatoms. The summed E-state index contributed by atoms with van der Waals surface area (Å²) in [5.41, 5.74) is 2.31. The minimum Gasteiger partial charge on any atom is -0.352 e. The number of carbonyl (C=O) groups excluding carboxylic acids is 1. The highest BCUT2D eigenvalue weighted by molar-refractivity contribution is 5.97. The third-order valence-electron chi connectivity index (χ3n) is 4.80. The Kier molecular flexibility index (Phi) is 5.14. The molecule has 0 aliphatic carbocycles. The van der Waals surface area contributed by atoms with Crippen molar-refractivity contribution in [1.29, 1.82) is 0 Å². The molecule has 1 saturated heterocycles. The Balaban J connectivity index is 1.51. The highest BCUT2D eigenvalue weighted by Gasteiger charge is 2.16. The summed E-state index contributed by atoms with van der Waals surface area (Å²) >= 11 is 0. The standard InChI is InChI=1S/C18H27N5O/c1-13-6-4-8-23(12-13)9-5-7-19-18(24)15-10-16-14(2)21-22(3)17(16)20-11-15/h10-11,13H,4-9,12H2,1-3H3,(H,19,24). The maximum absolute atomic E-state index is 12.3. The van der Waals surface area contributed by atoms with Gasteiger partial charge in [0.15, 0.2) is 5.65 Å². The average molecular weight is 329 g/mol. The topological polar surface area (TPSA) is 63.1 Å². The second kappa shape index (κ2) is 7.30. The van der Waals surface area contributed by atoms with Gasteiger partial charge in [0, 0.05) is 31.7 Å². The third kappa shape index (κ3) is 3.75. The summed E-state index contributed by atoms with van der Waals surface area (Å²) in [6.07, 6.45) is 5.26. The fraction of sp³-hybridized carbons (Fsp3) is 0.611. The average Bonchev–Trinajstić information content (AvgIpc) is 2.85. The Morgan fingerprint density at radius 2 is 2.29 bits per heavy atom. The molecule has 1 aliphatic rings. The Hall–Kier alpha value is -1.95. The molecule has 1 N–H and O–H groups in total. The Labute approximate surface area is 143 Å². The number of rotatable bonds is 5. The molecule has 0 saturated carbocycles. The van der Waals surface area contributed by atoms with E-state index in [1.165, 1.54) is 25.9 Å². The van der Waals surface area contributed by atoms with E-state index >= 15 is 0 Å². The fourth-order valence-corrected chi connectivity index (χ4v) is 3.53. The van der Waals surface area contributed by atoms with Gasteiger partial charge in [-0.3, -0.25) is 9.48 Å².